The van der Waals surface area contributed by atoms with Crippen LogP contribution in [0.25, 0.3) is 12.4 Å². The Bertz CT molecular complexity index is 434. The van der Waals surface area contributed by atoms with E-state index in [4.69, 9.17) is 5.73 Å². The maximum absolute atomic E-state index is 5.53. The summed E-state index contributed by atoms with van der Waals surface area (Å²) < 4.78 is 0. The zero-order valence-corrected chi connectivity index (χ0v) is 8.44. The average molecular weight is 190 g/mol. The second-order valence-electron chi connectivity index (χ2n) is 3.19. The summed E-state index contributed by atoms with van der Waals surface area (Å²) in [6, 6.07) is 0. The van der Waals surface area contributed by atoms with Crippen LogP contribution in [-0.4, -0.2) is 16.7 Å². The molecule has 0 fully saturated rings. The minimum Gasteiger partial charge on any atom is -0.404 e. The number of nitrogens with zero attached hydrogens (tertiary/aromatic N) is 3. The van der Waals surface area contributed by atoms with Gasteiger partial charge in [-0.25, -0.2) is 9.97 Å². The molecule has 0 unspecified atom stereocenters. The molecule has 1 heterocycles. The average Bonchev–Trinajstić information content (AvgIpc) is 2.18. The van der Waals surface area contributed by atoms with E-state index in [1.54, 1.807) is 6.20 Å². The van der Waals surface area contributed by atoms with Crippen molar-refractivity contribution in [1.82, 2.24) is 9.97 Å². The summed E-state index contributed by atoms with van der Waals surface area (Å²) in [5.41, 5.74) is 6.46. The number of hydrogen-bond acceptors (Lipinski definition) is 4. The fraction of sp³-hybridized carbons (Fsp3) is 0.300. The molecular weight excluding hydrogens is 176 g/mol. The van der Waals surface area contributed by atoms with Gasteiger partial charge in [0.25, 0.3) is 0 Å². The van der Waals surface area contributed by atoms with E-state index in [1.807, 2.05) is 0 Å². The second-order valence-corrected chi connectivity index (χ2v) is 3.19. The normalized spacial score (nSPS) is 13.6. The van der Waals surface area contributed by atoms with E-state index in [9.17, 15) is 0 Å². The molecule has 74 valence electrons. The first-order valence-corrected chi connectivity index (χ1v) is 4.39. The van der Waals surface area contributed by atoms with Gasteiger partial charge in [0, 0.05) is 11.4 Å². The third-order valence-electron chi connectivity index (χ3n) is 1.87. The number of hydrogen-bond donors (Lipinski definition) is 1. The first kappa shape index (κ1) is 10.4. The maximum atomic E-state index is 5.53. The highest BCUT2D eigenvalue weighted by molar-refractivity contribution is 5.37. The van der Waals surface area contributed by atoms with Gasteiger partial charge >= 0.3 is 0 Å². The van der Waals surface area contributed by atoms with Crippen LogP contribution in [0.1, 0.15) is 25.5 Å². The highest BCUT2D eigenvalue weighted by Gasteiger charge is 2.03. The van der Waals surface area contributed by atoms with Crippen molar-refractivity contribution in [2.75, 3.05) is 0 Å². The third-order valence-corrected chi connectivity index (χ3v) is 1.87. The summed E-state index contributed by atoms with van der Waals surface area (Å²) in [7, 11) is 0. The fourth-order valence-corrected chi connectivity index (χ4v) is 1.24. The smallest absolute Gasteiger partial charge is 0.116 e. The second kappa shape index (κ2) is 4.50. The van der Waals surface area contributed by atoms with E-state index in [1.165, 1.54) is 12.5 Å². The molecule has 0 saturated carbocycles. The van der Waals surface area contributed by atoms with Gasteiger partial charge in [0.05, 0.1) is 17.2 Å². The lowest BCUT2D eigenvalue weighted by atomic mass is 10.1. The standard InChI is InChI=1S/C10H14N4/c1-7(2)10-8(4-11)9(5-12-3)13-6-14-10/h4-7H,3,11H2,1-2H3/b8-4+,9-5+. The zero-order chi connectivity index (χ0) is 10.6. The fourth-order valence-electron chi connectivity index (χ4n) is 1.24. The zero-order valence-electron chi connectivity index (χ0n) is 8.44. The van der Waals surface area contributed by atoms with Gasteiger partial charge in [0.15, 0.2) is 0 Å². The summed E-state index contributed by atoms with van der Waals surface area (Å²) in [5, 5.41) is 1.54. The molecule has 4 heteroatoms. The molecule has 0 aliphatic carbocycles. The molecule has 0 aromatic carbocycles. The minimum atomic E-state index is 0.310. The highest BCUT2D eigenvalue weighted by Crippen LogP contribution is 2.02. The molecule has 1 aromatic rings. The summed E-state index contributed by atoms with van der Waals surface area (Å²) in [6.45, 7) is 7.50. The monoisotopic (exact) mass is 190 g/mol. The quantitative estimate of drug-likeness (QED) is 0.653. The summed E-state index contributed by atoms with van der Waals surface area (Å²) in [4.78, 5) is 11.9. The molecule has 0 spiro atoms. The summed E-state index contributed by atoms with van der Waals surface area (Å²) >= 11 is 0. The van der Waals surface area contributed by atoms with Crippen molar-refractivity contribution in [3.05, 3.63) is 22.6 Å². The van der Waals surface area contributed by atoms with Crippen LogP contribution in [-0.2, 0) is 0 Å². The molecule has 0 radical (unpaired) electrons. The lowest BCUT2D eigenvalue weighted by molar-refractivity contribution is 0.797. The van der Waals surface area contributed by atoms with Gasteiger partial charge in [-0.1, -0.05) is 13.8 Å². The van der Waals surface area contributed by atoms with Gasteiger partial charge in [-0.15, -0.1) is 0 Å². The molecule has 14 heavy (non-hydrogen) atoms. The molecule has 0 amide bonds. The van der Waals surface area contributed by atoms with Gasteiger partial charge in [0.2, 0.25) is 0 Å². The van der Waals surface area contributed by atoms with Crippen LogP contribution >= 0.6 is 0 Å². The SMILES string of the molecule is C=N/C=c1/ncnc(C(C)C)/c1=C/N. The third kappa shape index (κ3) is 1.96. The van der Waals surface area contributed by atoms with E-state index in [0.717, 1.165) is 10.9 Å². The Morgan fingerprint density at radius 3 is 2.71 bits per heavy atom. The van der Waals surface area contributed by atoms with Crippen LogP contribution < -0.4 is 16.3 Å². The molecule has 1 aromatic heterocycles. The van der Waals surface area contributed by atoms with Crippen molar-refractivity contribution in [1.29, 1.82) is 0 Å². The molecule has 1 rings (SSSR count). The first-order valence-electron chi connectivity index (χ1n) is 4.39. The van der Waals surface area contributed by atoms with Crippen LogP contribution in [0.5, 0.6) is 0 Å². The van der Waals surface area contributed by atoms with E-state index < -0.39 is 0 Å². The van der Waals surface area contributed by atoms with Crippen LogP contribution in [0.2, 0.25) is 0 Å². The largest absolute Gasteiger partial charge is 0.404 e. The molecule has 0 atom stereocenters. The van der Waals surface area contributed by atoms with E-state index >= 15 is 0 Å². The lowest BCUT2D eigenvalue weighted by Crippen LogP contribution is -2.34. The van der Waals surface area contributed by atoms with Crippen molar-refractivity contribution < 1.29 is 0 Å². The predicted molar refractivity (Wildman–Crippen MR) is 58.0 cm³/mol. The Hall–Kier alpha value is -1.71. The van der Waals surface area contributed by atoms with Crippen molar-refractivity contribution in [2.24, 2.45) is 10.7 Å². The number of rotatable bonds is 2. The van der Waals surface area contributed by atoms with E-state index in [2.05, 4.69) is 35.5 Å². The molecular formula is C10H14N4. The van der Waals surface area contributed by atoms with Crippen LogP contribution in [0, 0.1) is 0 Å². The van der Waals surface area contributed by atoms with Crippen LogP contribution in [0.4, 0.5) is 0 Å². The van der Waals surface area contributed by atoms with E-state index in [0.29, 0.717) is 11.3 Å². The van der Waals surface area contributed by atoms with Gasteiger partial charge in [-0.05, 0) is 12.6 Å². The maximum Gasteiger partial charge on any atom is 0.116 e. The Kier molecular flexibility index (Phi) is 3.34. The van der Waals surface area contributed by atoms with Crippen molar-refractivity contribution in [2.45, 2.75) is 19.8 Å². The first-order chi connectivity index (χ1) is 6.70. The van der Waals surface area contributed by atoms with Crippen LogP contribution in [0.3, 0.4) is 0 Å². The Morgan fingerprint density at radius 1 is 1.50 bits per heavy atom. The van der Waals surface area contributed by atoms with Crippen molar-refractivity contribution in [3.63, 3.8) is 0 Å². The molecule has 0 saturated heterocycles. The Balaban J connectivity index is 3.58. The van der Waals surface area contributed by atoms with Gasteiger partial charge in [-0.3, -0.25) is 4.99 Å². The molecule has 0 aliphatic rings. The van der Waals surface area contributed by atoms with Gasteiger partial charge in [0.1, 0.15) is 6.33 Å². The number of aliphatic imine (C=N–C) groups is 1. The predicted octanol–water partition coefficient (Wildman–Crippen LogP) is -0.265. The summed E-state index contributed by atoms with van der Waals surface area (Å²) in [5.74, 6) is 0.310. The van der Waals surface area contributed by atoms with Crippen molar-refractivity contribution in [3.8, 4) is 0 Å². The lowest BCUT2D eigenvalue weighted by Gasteiger charge is -2.03. The van der Waals surface area contributed by atoms with Gasteiger partial charge < -0.3 is 5.73 Å². The van der Waals surface area contributed by atoms with Crippen LogP contribution in [0.15, 0.2) is 11.3 Å². The highest BCUT2D eigenvalue weighted by atomic mass is 14.8. The topological polar surface area (TPSA) is 64.2 Å². The summed E-state index contributed by atoms with van der Waals surface area (Å²) in [6.07, 6.45) is 4.60. The minimum absolute atomic E-state index is 0.310. The molecule has 0 bridgehead atoms. The molecule has 0 aliphatic heterocycles. The van der Waals surface area contributed by atoms with E-state index in [-0.39, 0.29) is 0 Å². The number of aromatic nitrogens is 2. The van der Waals surface area contributed by atoms with Crippen molar-refractivity contribution >= 4 is 19.1 Å². The molecule has 2 N–H and O–H groups in total. The number of nitrogens with two attached hydrogens (primary N) is 1. The Labute approximate surface area is 82.9 Å². The van der Waals surface area contributed by atoms with Gasteiger partial charge in [-0.2, -0.15) is 0 Å². The molecule has 4 nitrogen and oxygen atoms in total. The Morgan fingerprint density at radius 2 is 2.21 bits per heavy atom.